The summed E-state index contributed by atoms with van der Waals surface area (Å²) in [7, 11) is -3.20. The number of fused-ring (bicyclic) bond motifs is 1. The Labute approximate surface area is 325 Å². The SMILES string of the molecule is C=C[C@@H]1C[C@]1(NC(=O)[C@@H]1C[C@@H](Oc2cc(-c3ccccc3)nc3cc(OC)ccc23)CN1)C(=O)NS(=O)(=O)N(C(=O)CCCCCCC(=O)O)c1ccccc1. The first kappa shape index (κ1) is 39.9. The highest BCUT2D eigenvalue weighted by molar-refractivity contribution is 7.92. The Morgan fingerprint density at radius 1 is 0.982 bits per heavy atom. The number of amides is 3. The highest BCUT2D eigenvalue weighted by atomic mass is 32.2. The van der Waals surface area contributed by atoms with Gasteiger partial charge in [-0.05, 0) is 43.5 Å². The van der Waals surface area contributed by atoms with Gasteiger partial charge in [-0.3, -0.25) is 19.2 Å². The number of benzene rings is 3. The highest BCUT2D eigenvalue weighted by Gasteiger charge is 2.61. The molecule has 14 nitrogen and oxygen atoms in total. The van der Waals surface area contributed by atoms with Crippen molar-refractivity contribution in [1.82, 2.24) is 20.3 Å². The van der Waals surface area contributed by atoms with Gasteiger partial charge < -0.3 is 25.2 Å². The third-order valence-corrected chi connectivity index (χ3v) is 11.3. The summed E-state index contributed by atoms with van der Waals surface area (Å²) >= 11 is 0. The Morgan fingerprint density at radius 2 is 1.68 bits per heavy atom. The topological polar surface area (TPSA) is 193 Å². The van der Waals surface area contributed by atoms with Crippen LogP contribution in [0.5, 0.6) is 11.5 Å². The summed E-state index contributed by atoms with van der Waals surface area (Å²) in [5.41, 5.74) is 0.711. The van der Waals surface area contributed by atoms with E-state index < -0.39 is 57.5 Å². The number of nitrogens with zero attached hydrogens (tertiary/aromatic N) is 2. The number of aromatic nitrogens is 1. The molecule has 6 rings (SSSR count). The van der Waals surface area contributed by atoms with Crippen molar-refractivity contribution in [3.05, 3.63) is 97.6 Å². The standard InChI is InChI=1S/C41H45N5O9S/c1-3-28-25-41(28,40(51)45-56(52,53)46(29-16-10-7-11-17-29)37(47)18-12-4-5-13-19-38(48)49)44-39(50)35-23-31(26-42-35)55-36-24-33(27-14-8-6-9-15-27)43-34-22-30(54-2)20-21-32(34)36/h3,6-11,14-17,20-22,24,28,31,35,42H,1,4-5,12-13,18-19,23,25-26H2,2H3,(H,44,50)(H,45,51)(H,48,49)/t28-,31-,35+,41-/m1/s1. The molecule has 0 bridgehead atoms. The molecule has 15 heteroatoms. The Kier molecular flexibility index (Phi) is 12.3. The number of nitrogens with one attached hydrogen (secondary N) is 3. The zero-order valence-electron chi connectivity index (χ0n) is 31.0. The molecular weight excluding hydrogens is 739 g/mol. The number of carbonyl (C=O) groups excluding carboxylic acids is 3. The quantitative estimate of drug-likeness (QED) is 0.0793. The number of hydrogen-bond acceptors (Lipinski definition) is 10. The van der Waals surface area contributed by atoms with Crippen molar-refractivity contribution in [3.8, 4) is 22.8 Å². The number of rotatable bonds is 18. The van der Waals surface area contributed by atoms with Crippen LogP contribution in [0.3, 0.4) is 0 Å². The number of aliphatic carboxylic acids is 1. The summed E-state index contributed by atoms with van der Waals surface area (Å²) in [5, 5.41) is 15.6. The van der Waals surface area contributed by atoms with Gasteiger partial charge in [0.05, 0.1) is 30.0 Å². The van der Waals surface area contributed by atoms with Crippen molar-refractivity contribution in [2.75, 3.05) is 18.0 Å². The molecule has 4 N–H and O–H groups in total. The Bertz CT molecular complexity index is 2200. The van der Waals surface area contributed by atoms with Crippen LogP contribution in [-0.2, 0) is 29.4 Å². The van der Waals surface area contributed by atoms with Crippen LogP contribution in [0.2, 0.25) is 0 Å². The van der Waals surface area contributed by atoms with E-state index in [0.717, 1.165) is 10.9 Å². The molecule has 0 spiro atoms. The number of ether oxygens (including phenoxy) is 2. The molecule has 2 aliphatic rings. The third kappa shape index (κ3) is 9.17. The van der Waals surface area contributed by atoms with E-state index in [4.69, 9.17) is 19.6 Å². The summed E-state index contributed by atoms with van der Waals surface area (Å²) < 4.78 is 42.1. The molecule has 2 fully saturated rings. The van der Waals surface area contributed by atoms with Crippen LogP contribution in [-0.4, -0.2) is 73.5 Å². The molecule has 294 valence electrons. The van der Waals surface area contributed by atoms with Crippen LogP contribution in [0.25, 0.3) is 22.2 Å². The van der Waals surface area contributed by atoms with Gasteiger partial charge in [-0.1, -0.05) is 67.4 Å². The van der Waals surface area contributed by atoms with Crippen LogP contribution in [0.15, 0.2) is 97.6 Å². The van der Waals surface area contributed by atoms with Gasteiger partial charge in [-0.25, -0.2) is 9.71 Å². The minimum Gasteiger partial charge on any atom is -0.497 e. The van der Waals surface area contributed by atoms with E-state index >= 15 is 0 Å². The van der Waals surface area contributed by atoms with Crippen molar-refractivity contribution >= 4 is 50.5 Å². The monoisotopic (exact) mass is 783 g/mol. The van der Waals surface area contributed by atoms with E-state index in [1.807, 2.05) is 54.6 Å². The molecule has 1 aliphatic carbocycles. The Hall–Kier alpha value is -5.80. The number of pyridine rings is 1. The van der Waals surface area contributed by atoms with Crippen molar-refractivity contribution in [1.29, 1.82) is 0 Å². The predicted molar refractivity (Wildman–Crippen MR) is 210 cm³/mol. The van der Waals surface area contributed by atoms with E-state index in [-0.39, 0.29) is 31.4 Å². The molecule has 2 heterocycles. The number of carbonyl (C=O) groups is 4. The van der Waals surface area contributed by atoms with Crippen molar-refractivity contribution in [2.45, 2.75) is 69.1 Å². The normalized spacial score (nSPS) is 20.1. The van der Waals surface area contributed by atoms with E-state index in [0.29, 0.717) is 59.2 Å². The molecule has 4 atom stereocenters. The van der Waals surface area contributed by atoms with Gasteiger partial charge in [-0.15, -0.1) is 6.58 Å². The number of para-hydroxylation sites is 1. The van der Waals surface area contributed by atoms with Gasteiger partial charge in [-0.2, -0.15) is 12.7 Å². The van der Waals surface area contributed by atoms with Gasteiger partial charge in [0.2, 0.25) is 11.8 Å². The summed E-state index contributed by atoms with van der Waals surface area (Å²) in [6.45, 7) is 4.10. The largest absolute Gasteiger partial charge is 0.497 e. The van der Waals surface area contributed by atoms with Crippen LogP contribution < -0.4 is 29.1 Å². The number of carboxylic acids is 1. The summed E-state index contributed by atoms with van der Waals surface area (Å²) in [4.78, 5) is 56.6. The van der Waals surface area contributed by atoms with Crippen molar-refractivity contribution in [3.63, 3.8) is 0 Å². The number of methoxy groups -OCH3 is 1. The first-order chi connectivity index (χ1) is 26.9. The number of carboxylic acid groups (broad SMARTS) is 1. The highest BCUT2D eigenvalue weighted by Crippen LogP contribution is 2.45. The minimum atomic E-state index is -4.78. The fourth-order valence-electron chi connectivity index (χ4n) is 6.91. The molecule has 1 aliphatic heterocycles. The van der Waals surface area contributed by atoms with Crippen molar-refractivity contribution < 1.29 is 42.2 Å². The molecule has 3 aromatic carbocycles. The third-order valence-electron chi connectivity index (χ3n) is 10.0. The second-order valence-corrected chi connectivity index (χ2v) is 15.5. The fourth-order valence-corrected chi connectivity index (χ4v) is 8.18. The van der Waals surface area contributed by atoms with E-state index in [2.05, 4.69) is 21.9 Å². The van der Waals surface area contributed by atoms with Gasteiger partial charge in [0, 0.05) is 54.8 Å². The average Bonchev–Trinajstić information content (AvgIpc) is 3.71. The summed E-state index contributed by atoms with van der Waals surface area (Å²) in [6, 6.07) is 24.0. The lowest BCUT2D eigenvalue weighted by Gasteiger charge is -2.25. The van der Waals surface area contributed by atoms with Crippen LogP contribution in [0.1, 0.15) is 51.4 Å². The molecule has 3 amide bonds. The molecular formula is C41H45N5O9S. The zero-order valence-corrected chi connectivity index (χ0v) is 31.8. The molecule has 1 saturated heterocycles. The lowest BCUT2D eigenvalue weighted by molar-refractivity contribution is -0.137. The summed E-state index contributed by atoms with van der Waals surface area (Å²) in [6.07, 6.45) is 3.13. The zero-order chi connectivity index (χ0) is 39.9. The van der Waals surface area contributed by atoms with Crippen molar-refractivity contribution in [2.24, 2.45) is 5.92 Å². The second-order valence-electron chi connectivity index (χ2n) is 13.9. The Balaban J connectivity index is 1.13. The first-order valence-corrected chi connectivity index (χ1v) is 19.9. The molecule has 56 heavy (non-hydrogen) atoms. The molecule has 1 saturated carbocycles. The number of hydrogen-bond donors (Lipinski definition) is 4. The van der Waals surface area contributed by atoms with Crippen LogP contribution in [0, 0.1) is 5.92 Å². The minimum absolute atomic E-state index is 0.00890. The first-order valence-electron chi connectivity index (χ1n) is 18.5. The van der Waals surface area contributed by atoms with Gasteiger partial charge in [0.1, 0.15) is 23.1 Å². The average molecular weight is 784 g/mol. The lowest BCUT2D eigenvalue weighted by atomic mass is 10.1. The number of anilines is 1. The fraction of sp³-hybridized carbons (Fsp3) is 0.341. The molecule has 0 radical (unpaired) electrons. The maximum absolute atomic E-state index is 13.8. The van der Waals surface area contributed by atoms with E-state index in [9.17, 15) is 27.6 Å². The molecule has 0 unspecified atom stereocenters. The predicted octanol–water partition coefficient (Wildman–Crippen LogP) is 4.90. The smallest absolute Gasteiger partial charge is 0.332 e. The van der Waals surface area contributed by atoms with Gasteiger partial charge >= 0.3 is 16.2 Å². The maximum atomic E-state index is 13.8. The van der Waals surface area contributed by atoms with Gasteiger partial charge in [0.25, 0.3) is 5.91 Å². The van der Waals surface area contributed by atoms with Crippen LogP contribution >= 0.6 is 0 Å². The second kappa shape index (κ2) is 17.3. The molecule has 4 aromatic rings. The number of unbranched alkanes of at least 4 members (excludes halogenated alkanes) is 3. The summed E-state index contributed by atoms with van der Waals surface area (Å²) in [5.74, 6) is -2.51. The Morgan fingerprint density at radius 3 is 2.34 bits per heavy atom. The maximum Gasteiger partial charge on any atom is 0.332 e. The van der Waals surface area contributed by atoms with Crippen LogP contribution in [0.4, 0.5) is 5.69 Å². The van der Waals surface area contributed by atoms with Gasteiger partial charge in [0.15, 0.2) is 0 Å². The lowest BCUT2D eigenvalue weighted by Crippen LogP contribution is -2.57. The van der Waals surface area contributed by atoms with E-state index in [1.54, 1.807) is 25.3 Å². The molecule has 1 aromatic heterocycles. The van der Waals surface area contributed by atoms with E-state index in [1.165, 1.54) is 18.2 Å².